The van der Waals surface area contributed by atoms with Gasteiger partial charge in [0.15, 0.2) is 0 Å². The lowest BCUT2D eigenvalue weighted by Crippen LogP contribution is -2.45. The molecule has 0 aromatic heterocycles. The maximum Gasteiger partial charge on any atom is 0.129 e. The van der Waals surface area contributed by atoms with E-state index in [2.05, 4.69) is 84.0 Å². The zero-order chi connectivity index (χ0) is 17.4. The van der Waals surface area contributed by atoms with Crippen LogP contribution in [0.25, 0.3) is 0 Å². The number of benzene rings is 2. The van der Waals surface area contributed by atoms with Crippen LogP contribution in [-0.2, 0) is 0 Å². The van der Waals surface area contributed by atoms with Crippen LogP contribution in [0, 0.1) is 27.7 Å². The summed E-state index contributed by atoms with van der Waals surface area (Å²) in [5, 5.41) is 4.83. The SMILES string of the molecule is CC1=CC(C)=C([SiH](c2cc(C)cc(C)c2)c2cc(C)cc(C)c2)C1. The second-order valence-corrected chi connectivity index (χ2v) is 10.5. The smallest absolute Gasteiger partial charge is 0.0694 e. The van der Waals surface area contributed by atoms with Gasteiger partial charge < -0.3 is 0 Å². The first-order valence-corrected chi connectivity index (χ1v) is 10.6. The minimum absolute atomic E-state index is 1.16. The van der Waals surface area contributed by atoms with E-state index in [1.807, 2.05) is 0 Å². The van der Waals surface area contributed by atoms with E-state index in [0.717, 1.165) is 6.42 Å². The molecule has 2 aromatic carbocycles. The van der Waals surface area contributed by atoms with E-state index < -0.39 is 8.80 Å². The van der Waals surface area contributed by atoms with E-state index >= 15 is 0 Å². The van der Waals surface area contributed by atoms with Gasteiger partial charge in [0.25, 0.3) is 0 Å². The Labute approximate surface area is 148 Å². The number of rotatable bonds is 3. The highest BCUT2D eigenvalue weighted by Gasteiger charge is 2.26. The van der Waals surface area contributed by atoms with Crippen LogP contribution in [0.4, 0.5) is 0 Å². The summed E-state index contributed by atoms with van der Waals surface area (Å²) >= 11 is 0. The molecule has 0 bridgehead atoms. The summed E-state index contributed by atoms with van der Waals surface area (Å²) < 4.78 is 0. The van der Waals surface area contributed by atoms with Crippen molar-refractivity contribution in [1.29, 1.82) is 0 Å². The second-order valence-electron chi connectivity index (χ2n) is 7.65. The third-order valence-corrected chi connectivity index (χ3v) is 8.30. The van der Waals surface area contributed by atoms with Gasteiger partial charge in [0.2, 0.25) is 0 Å². The van der Waals surface area contributed by atoms with Gasteiger partial charge in [0.1, 0.15) is 8.80 Å². The predicted molar refractivity (Wildman–Crippen MR) is 109 cm³/mol. The van der Waals surface area contributed by atoms with Crippen LogP contribution in [0.3, 0.4) is 0 Å². The summed E-state index contributed by atoms with van der Waals surface area (Å²) in [6.07, 6.45) is 3.54. The quantitative estimate of drug-likeness (QED) is 0.728. The number of aryl methyl sites for hydroxylation is 4. The molecule has 0 radical (unpaired) electrons. The van der Waals surface area contributed by atoms with Gasteiger partial charge >= 0.3 is 0 Å². The van der Waals surface area contributed by atoms with Crippen LogP contribution in [0.1, 0.15) is 42.5 Å². The number of allylic oxidation sites excluding steroid dienone is 4. The molecular weight excluding hydrogens is 304 g/mol. The van der Waals surface area contributed by atoms with Gasteiger partial charge in [-0.1, -0.05) is 91.4 Å². The normalized spacial score (nSPS) is 14.5. The van der Waals surface area contributed by atoms with E-state index in [4.69, 9.17) is 0 Å². The van der Waals surface area contributed by atoms with Crippen LogP contribution >= 0.6 is 0 Å². The van der Waals surface area contributed by atoms with Gasteiger partial charge in [-0.15, -0.1) is 0 Å². The molecule has 0 aliphatic heterocycles. The molecule has 0 spiro atoms. The van der Waals surface area contributed by atoms with E-state index in [0.29, 0.717) is 0 Å². The minimum Gasteiger partial charge on any atom is -0.0694 e. The summed E-state index contributed by atoms with van der Waals surface area (Å²) in [7, 11) is -1.38. The highest BCUT2D eigenvalue weighted by Crippen LogP contribution is 2.27. The fourth-order valence-electron chi connectivity index (χ4n) is 4.23. The van der Waals surface area contributed by atoms with Gasteiger partial charge in [-0.3, -0.25) is 0 Å². The Morgan fingerprint density at radius 3 is 1.38 bits per heavy atom. The van der Waals surface area contributed by atoms with Gasteiger partial charge in [0, 0.05) is 0 Å². The van der Waals surface area contributed by atoms with Crippen LogP contribution in [-0.4, -0.2) is 8.80 Å². The molecule has 0 amide bonds. The molecule has 1 heteroatoms. The van der Waals surface area contributed by atoms with E-state index in [-0.39, 0.29) is 0 Å². The summed E-state index contributed by atoms with van der Waals surface area (Å²) in [5.74, 6) is 0. The van der Waals surface area contributed by atoms with E-state index in [9.17, 15) is 0 Å². The summed E-state index contributed by atoms with van der Waals surface area (Å²) in [6, 6.07) is 14.3. The Balaban J connectivity index is 2.20. The first-order chi connectivity index (χ1) is 11.3. The van der Waals surface area contributed by atoms with Crippen molar-refractivity contribution in [2.24, 2.45) is 0 Å². The average molecular weight is 333 g/mol. The van der Waals surface area contributed by atoms with E-state index in [1.165, 1.54) is 33.4 Å². The molecule has 0 nitrogen and oxygen atoms in total. The largest absolute Gasteiger partial charge is 0.129 e. The predicted octanol–water partition coefficient (Wildman–Crippen LogP) is 4.47. The second kappa shape index (κ2) is 6.56. The summed E-state index contributed by atoms with van der Waals surface area (Å²) in [6.45, 7) is 13.5. The molecule has 0 saturated heterocycles. The van der Waals surface area contributed by atoms with Gasteiger partial charge in [-0.2, -0.15) is 0 Å². The van der Waals surface area contributed by atoms with Crippen LogP contribution in [0.2, 0.25) is 0 Å². The standard InChI is InChI=1S/C23H28Si/c1-15-7-16(2)11-21(10-15)24(23-14-19(5)9-20(23)6)22-12-17(3)8-18(4)13-22/h7-13,24H,14H2,1-6H3. The third kappa shape index (κ3) is 3.46. The molecule has 124 valence electrons. The van der Waals surface area contributed by atoms with Crippen LogP contribution in [0.15, 0.2) is 58.8 Å². The van der Waals surface area contributed by atoms with Gasteiger partial charge in [-0.25, -0.2) is 0 Å². The van der Waals surface area contributed by atoms with Crippen molar-refractivity contribution < 1.29 is 0 Å². The molecule has 0 unspecified atom stereocenters. The van der Waals surface area contributed by atoms with Crippen molar-refractivity contribution in [3.8, 4) is 0 Å². The van der Waals surface area contributed by atoms with Crippen LogP contribution < -0.4 is 10.4 Å². The Morgan fingerprint density at radius 1 is 0.625 bits per heavy atom. The molecule has 2 aromatic rings. The fraction of sp³-hybridized carbons (Fsp3) is 0.304. The van der Waals surface area contributed by atoms with Gasteiger partial charge in [0.05, 0.1) is 0 Å². The first-order valence-electron chi connectivity index (χ1n) is 8.86. The van der Waals surface area contributed by atoms with Crippen molar-refractivity contribution in [3.05, 3.63) is 81.1 Å². The fourth-order valence-corrected chi connectivity index (χ4v) is 8.20. The van der Waals surface area contributed by atoms with Crippen molar-refractivity contribution in [2.45, 2.75) is 48.0 Å². The zero-order valence-corrected chi connectivity index (χ0v) is 17.0. The molecule has 0 atom stereocenters. The summed E-state index contributed by atoms with van der Waals surface area (Å²) in [5.41, 5.74) is 8.54. The van der Waals surface area contributed by atoms with Crippen molar-refractivity contribution in [2.75, 3.05) is 0 Å². The molecule has 0 N–H and O–H groups in total. The Morgan fingerprint density at radius 2 is 1.04 bits per heavy atom. The molecular formula is C23H28Si. The first kappa shape index (κ1) is 17.0. The molecule has 0 fully saturated rings. The third-order valence-electron chi connectivity index (χ3n) is 4.94. The molecule has 24 heavy (non-hydrogen) atoms. The monoisotopic (exact) mass is 332 g/mol. The molecule has 0 heterocycles. The summed E-state index contributed by atoms with van der Waals surface area (Å²) in [4.78, 5) is 0. The number of hydrogen-bond acceptors (Lipinski definition) is 0. The van der Waals surface area contributed by atoms with Crippen molar-refractivity contribution in [3.63, 3.8) is 0 Å². The lowest BCUT2D eigenvalue weighted by atomic mass is 10.2. The maximum atomic E-state index is 2.43. The molecule has 3 rings (SSSR count). The Hall–Kier alpha value is -1.86. The molecule has 0 saturated carbocycles. The number of hydrogen-bond donors (Lipinski definition) is 0. The Bertz CT molecular complexity index is 760. The van der Waals surface area contributed by atoms with Crippen molar-refractivity contribution >= 4 is 19.2 Å². The molecule has 1 aliphatic rings. The lowest BCUT2D eigenvalue weighted by Gasteiger charge is -2.22. The lowest BCUT2D eigenvalue weighted by molar-refractivity contribution is 1.22. The Kier molecular flexibility index (Phi) is 4.64. The van der Waals surface area contributed by atoms with Crippen LogP contribution in [0.5, 0.6) is 0 Å². The van der Waals surface area contributed by atoms with E-state index in [1.54, 1.807) is 15.6 Å². The highest BCUT2D eigenvalue weighted by atomic mass is 28.3. The maximum absolute atomic E-state index is 2.43. The molecule has 1 aliphatic carbocycles. The highest BCUT2D eigenvalue weighted by molar-refractivity contribution is 6.91. The van der Waals surface area contributed by atoms with Crippen molar-refractivity contribution in [1.82, 2.24) is 0 Å². The average Bonchev–Trinajstić information content (AvgIpc) is 2.75. The topological polar surface area (TPSA) is 0 Å². The minimum atomic E-state index is -1.38. The zero-order valence-electron chi connectivity index (χ0n) is 15.8. The van der Waals surface area contributed by atoms with Gasteiger partial charge in [-0.05, 0) is 48.0 Å².